The number of rotatable bonds is 3. The molecule has 1 amide bonds. The van der Waals surface area contributed by atoms with E-state index in [4.69, 9.17) is 5.26 Å². The van der Waals surface area contributed by atoms with E-state index in [2.05, 4.69) is 11.1 Å². The molecule has 0 saturated heterocycles. The highest BCUT2D eigenvalue weighted by molar-refractivity contribution is 7.11. The number of nitrogens with zero attached hydrogens (tertiary/aromatic N) is 3. The van der Waals surface area contributed by atoms with Gasteiger partial charge in [0.1, 0.15) is 5.01 Å². The molecule has 0 unspecified atom stereocenters. The monoisotopic (exact) mass is 311 g/mol. The highest BCUT2D eigenvalue weighted by atomic mass is 32.1. The molecule has 2 aromatic rings. The van der Waals surface area contributed by atoms with Crippen molar-refractivity contribution >= 4 is 17.2 Å². The van der Waals surface area contributed by atoms with Gasteiger partial charge in [0.25, 0.3) is 5.91 Å². The lowest BCUT2D eigenvalue weighted by Crippen LogP contribution is -2.26. The molecule has 22 heavy (non-hydrogen) atoms. The molecule has 0 bridgehead atoms. The Kier molecular flexibility index (Phi) is 4.21. The van der Waals surface area contributed by atoms with Gasteiger partial charge in [-0.25, -0.2) is 4.98 Å². The van der Waals surface area contributed by atoms with Gasteiger partial charge in [-0.05, 0) is 37.8 Å². The van der Waals surface area contributed by atoms with Crippen LogP contribution in [0.15, 0.2) is 24.3 Å². The first-order chi connectivity index (χ1) is 10.7. The van der Waals surface area contributed by atoms with Crippen LogP contribution >= 0.6 is 11.3 Å². The summed E-state index contributed by atoms with van der Waals surface area (Å²) in [5.74, 6) is -0.134. The quantitative estimate of drug-likeness (QED) is 0.875. The lowest BCUT2D eigenvalue weighted by Gasteiger charge is -2.16. The summed E-state index contributed by atoms with van der Waals surface area (Å²) in [6.07, 6.45) is 4.61. The van der Waals surface area contributed by atoms with E-state index in [0.29, 0.717) is 17.7 Å². The number of hydrogen-bond acceptors (Lipinski definition) is 4. The van der Waals surface area contributed by atoms with Crippen LogP contribution in [0.5, 0.6) is 0 Å². The Morgan fingerprint density at radius 3 is 2.91 bits per heavy atom. The molecule has 0 saturated carbocycles. The van der Waals surface area contributed by atoms with Gasteiger partial charge in [-0.1, -0.05) is 12.1 Å². The van der Waals surface area contributed by atoms with E-state index in [1.54, 1.807) is 47.5 Å². The third-order valence-electron chi connectivity index (χ3n) is 3.89. The number of carbonyl (C=O) groups excluding carboxylic acids is 1. The maximum absolute atomic E-state index is 12.5. The first-order valence-electron chi connectivity index (χ1n) is 7.41. The van der Waals surface area contributed by atoms with E-state index in [-0.39, 0.29) is 5.91 Å². The second kappa shape index (κ2) is 6.29. The van der Waals surface area contributed by atoms with Crippen LogP contribution in [0.1, 0.15) is 44.3 Å². The summed E-state index contributed by atoms with van der Waals surface area (Å²) >= 11 is 1.72. The molecule has 112 valence electrons. The van der Waals surface area contributed by atoms with Crippen molar-refractivity contribution in [3.63, 3.8) is 0 Å². The minimum absolute atomic E-state index is 0.134. The fraction of sp³-hybridized carbons (Fsp3) is 0.353. The van der Waals surface area contributed by atoms with Gasteiger partial charge in [0.15, 0.2) is 0 Å². The van der Waals surface area contributed by atoms with Gasteiger partial charge < -0.3 is 4.90 Å². The largest absolute Gasteiger partial charge is 0.335 e. The molecule has 1 aliphatic carbocycles. The van der Waals surface area contributed by atoms with Crippen LogP contribution in [0.25, 0.3) is 0 Å². The van der Waals surface area contributed by atoms with Crippen LogP contribution < -0.4 is 0 Å². The lowest BCUT2D eigenvalue weighted by molar-refractivity contribution is 0.0784. The summed E-state index contributed by atoms with van der Waals surface area (Å²) < 4.78 is 0. The summed E-state index contributed by atoms with van der Waals surface area (Å²) in [5.41, 5.74) is 2.08. The van der Waals surface area contributed by atoms with Crippen LogP contribution in [-0.4, -0.2) is 22.8 Å². The zero-order valence-corrected chi connectivity index (χ0v) is 13.3. The van der Waals surface area contributed by atoms with Crippen LogP contribution in [0.3, 0.4) is 0 Å². The third kappa shape index (κ3) is 2.88. The number of nitriles is 1. The molecular weight excluding hydrogens is 294 g/mol. The zero-order chi connectivity index (χ0) is 15.5. The number of hydrogen-bond donors (Lipinski definition) is 0. The van der Waals surface area contributed by atoms with Crippen LogP contribution in [0.4, 0.5) is 0 Å². The number of aryl methyl sites for hydroxylation is 2. The molecule has 0 radical (unpaired) electrons. The first-order valence-corrected chi connectivity index (χ1v) is 8.22. The van der Waals surface area contributed by atoms with Crippen LogP contribution in [0.2, 0.25) is 0 Å². The summed E-state index contributed by atoms with van der Waals surface area (Å²) in [4.78, 5) is 20.2. The van der Waals surface area contributed by atoms with Gasteiger partial charge in [0.05, 0.1) is 29.4 Å². The Balaban J connectivity index is 1.76. The van der Waals surface area contributed by atoms with Crippen molar-refractivity contribution in [2.75, 3.05) is 7.05 Å². The molecule has 0 atom stereocenters. The van der Waals surface area contributed by atoms with Crippen LogP contribution in [-0.2, 0) is 19.4 Å². The third-order valence-corrected chi connectivity index (χ3v) is 5.03. The number of fused-ring (bicyclic) bond motifs is 1. The highest BCUT2D eigenvalue weighted by Gasteiger charge is 2.19. The van der Waals surface area contributed by atoms with Gasteiger partial charge in [0.2, 0.25) is 0 Å². The first kappa shape index (κ1) is 14.7. The number of carbonyl (C=O) groups is 1. The molecule has 0 spiro atoms. The van der Waals surface area contributed by atoms with E-state index in [9.17, 15) is 4.79 Å². The van der Waals surface area contributed by atoms with E-state index in [0.717, 1.165) is 17.8 Å². The van der Waals surface area contributed by atoms with Gasteiger partial charge in [-0.15, -0.1) is 11.3 Å². The Bertz CT molecular complexity index is 721. The Labute approximate surface area is 134 Å². The fourth-order valence-corrected chi connectivity index (χ4v) is 3.93. The summed E-state index contributed by atoms with van der Waals surface area (Å²) in [7, 11) is 1.76. The topological polar surface area (TPSA) is 57.0 Å². The molecule has 0 N–H and O–H groups in total. The molecule has 1 aromatic heterocycles. The standard InChI is InChI=1S/C17H17N3OS/c1-20(17(21)13-7-3-2-6-12(13)10-18)11-16-19-14-8-4-5-9-15(14)22-16/h2-3,6-7H,4-5,8-9,11H2,1H3. The average molecular weight is 311 g/mol. The van der Waals surface area contributed by atoms with Crippen molar-refractivity contribution in [1.29, 1.82) is 5.26 Å². The molecule has 3 rings (SSSR count). The molecule has 5 heteroatoms. The van der Waals surface area contributed by atoms with E-state index in [1.807, 2.05) is 0 Å². The second-order valence-corrected chi connectivity index (χ2v) is 6.67. The number of amides is 1. The molecule has 1 aromatic carbocycles. The molecule has 1 heterocycles. The van der Waals surface area contributed by atoms with Crippen molar-refractivity contribution in [3.05, 3.63) is 51.0 Å². The number of benzene rings is 1. The molecule has 0 fully saturated rings. The SMILES string of the molecule is CN(Cc1nc2c(s1)CCCC2)C(=O)c1ccccc1C#N. The average Bonchev–Trinajstić information content (AvgIpc) is 2.96. The van der Waals surface area contributed by atoms with E-state index >= 15 is 0 Å². The molecule has 1 aliphatic rings. The van der Waals surface area contributed by atoms with Gasteiger partial charge in [-0.3, -0.25) is 4.79 Å². The van der Waals surface area contributed by atoms with Crippen molar-refractivity contribution in [2.45, 2.75) is 32.2 Å². The predicted octanol–water partition coefficient (Wildman–Crippen LogP) is 3.17. The predicted molar refractivity (Wildman–Crippen MR) is 85.7 cm³/mol. The smallest absolute Gasteiger partial charge is 0.255 e. The van der Waals surface area contributed by atoms with E-state index in [1.165, 1.54) is 23.4 Å². The Morgan fingerprint density at radius 2 is 2.14 bits per heavy atom. The fourth-order valence-electron chi connectivity index (χ4n) is 2.72. The van der Waals surface area contributed by atoms with Crippen molar-refractivity contribution in [1.82, 2.24) is 9.88 Å². The maximum atomic E-state index is 12.5. The second-order valence-electron chi connectivity index (χ2n) is 5.50. The lowest BCUT2D eigenvalue weighted by atomic mass is 10.0. The van der Waals surface area contributed by atoms with Gasteiger partial charge >= 0.3 is 0 Å². The summed E-state index contributed by atoms with van der Waals surface area (Å²) in [6.45, 7) is 0.496. The minimum Gasteiger partial charge on any atom is -0.335 e. The normalized spacial score (nSPS) is 13.3. The summed E-state index contributed by atoms with van der Waals surface area (Å²) in [5, 5.41) is 10.1. The highest BCUT2D eigenvalue weighted by Crippen LogP contribution is 2.27. The number of aromatic nitrogens is 1. The van der Waals surface area contributed by atoms with Crippen molar-refractivity contribution in [3.8, 4) is 6.07 Å². The summed E-state index contributed by atoms with van der Waals surface area (Å²) in [6, 6.07) is 8.99. The zero-order valence-electron chi connectivity index (χ0n) is 12.5. The maximum Gasteiger partial charge on any atom is 0.255 e. The van der Waals surface area contributed by atoms with Crippen molar-refractivity contribution in [2.24, 2.45) is 0 Å². The number of thiazole rings is 1. The Hall–Kier alpha value is -2.19. The Morgan fingerprint density at radius 1 is 1.36 bits per heavy atom. The van der Waals surface area contributed by atoms with Gasteiger partial charge in [0, 0.05) is 11.9 Å². The van der Waals surface area contributed by atoms with E-state index < -0.39 is 0 Å². The molecular formula is C17H17N3OS. The molecule has 0 aliphatic heterocycles. The van der Waals surface area contributed by atoms with Crippen molar-refractivity contribution < 1.29 is 4.79 Å². The minimum atomic E-state index is -0.134. The van der Waals surface area contributed by atoms with Gasteiger partial charge in [-0.2, -0.15) is 5.26 Å². The van der Waals surface area contributed by atoms with Crippen LogP contribution in [0, 0.1) is 11.3 Å². The molecule has 4 nitrogen and oxygen atoms in total.